The van der Waals surface area contributed by atoms with Crippen LogP contribution in [-0.2, 0) is 0 Å². The van der Waals surface area contributed by atoms with Crippen molar-refractivity contribution in [2.24, 2.45) is 11.3 Å². The summed E-state index contributed by atoms with van der Waals surface area (Å²) >= 11 is 0. The van der Waals surface area contributed by atoms with Gasteiger partial charge in [-0.05, 0) is 11.8 Å². The van der Waals surface area contributed by atoms with Gasteiger partial charge in [0, 0.05) is 18.7 Å². The van der Waals surface area contributed by atoms with Crippen LogP contribution in [0.4, 0.5) is 0 Å². The number of nitrogens with zero attached hydrogens (tertiary/aromatic N) is 1. The van der Waals surface area contributed by atoms with E-state index < -0.39 is 0 Å². The van der Waals surface area contributed by atoms with Gasteiger partial charge >= 0.3 is 0 Å². The molecule has 68 valence electrons. The van der Waals surface area contributed by atoms with E-state index in [9.17, 15) is 0 Å². The maximum absolute atomic E-state index is 7.86. The molecular formula is C10H18N2. The molecule has 1 atom stereocenters. The molecule has 2 heteroatoms. The molecule has 0 saturated carbocycles. The SMILES string of the molecule is C=C1CC(C(C)(C)C)C(=N)N1C. The summed E-state index contributed by atoms with van der Waals surface area (Å²) in [4.78, 5) is 1.90. The van der Waals surface area contributed by atoms with E-state index in [-0.39, 0.29) is 5.41 Å². The van der Waals surface area contributed by atoms with Gasteiger partial charge in [-0.2, -0.15) is 0 Å². The Hall–Kier alpha value is -0.790. The zero-order valence-electron chi connectivity index (χ0n) is 8.44. The van der Waals surface area contributed by atoms with Crippen LogP contribution in [0.3, 0.4) is 0 Å². The lowest BCUT2D eigenvalue weighted by Crippen LogP contribution is -2.29. The van der Waals surface area contributed by atoms with Gasteiger partial charge in [0.05, 0.1) is 0 Å². The Kier molecular flexibility index (Phi) is 2.02. The van der Waals surface area contributed by atoms with E-state index in [2.05, 4.69) is 27.4 Å². The zero-order chi connectivity index (χ0) is 9.52. The van der Waals surface area contributed by atoms with E-state index in [4.69, 9.17) is 5.41 Å². The second-order valence-corrected chi connectivity index (χ2v) is 4.63. The predicted octanol–water partition coefficient (Wildman–Crippen LogP) is 2.48. The number of rotatable bonds is 0. The maximum Gasteiger partial charge on any atom is 0.104 e. The van der Waals surface area contributed by atoms with E-state index in [0.29, 0.717) is 11.8 Å². The van der Waals surface area contributed by atoms with E-state index >= 15 is 0 Å². The van der Waals surface area contributed by atoms with Gasteiger partial charge in [-0.15, -0.1) is 0 Å². The fraction of sp³-hybridized carbons (Fsp3) is 0.700. The second-order valence-electron chi connectivity index (χ2n) is 4.63. The highest BCUT2D eigenvalue weighted by Crippen LogP contribution is 2.38. The lowest BCUT2D eigenvalue weighted by atomic mass is 9.79. The molecule has 1 heterocycles. The maximum atomic E-state index is 7.86. The highest BCUT2D eigenvalue weighted by molar-refractivity contribution is 5.86. The van der Waals surface area contributed by atoms with E-state index in [1.165, 1.54) is 0 Å². The summed E-state index contributed by atoms with van der Waals surface area (Å²) in [7, 11) is 1.93. The monoisotopic (exact) mass is 166 g/mol. The van der Waals surface area contributed by atoms with Crippen LogP contribution in [0, 0.1) is 16.7 Å². The third-order valence-electron chi connectivity index (χ3n) is 2.65. The molecule has 12 heavy (non-hydrogen) atoms. The predicted molar refractivity (Wildman–Crippen MR) is 52.2 cm³/mol. The number of hydrogen-bond acceptors (Lipinski definition) is 1. The molecule has 0 aromatic heterocycles. The van der Waals surface area contributed by atoms with Crippen LogP contribution in [0.1, 0.15) is 27.2 Å². The highest BCUT2D eigenvalue weighted by Gasteiger charge is 2.36. The van der Waals surface area contributed by atoms with Crippen LogP contribution < -0.4 is 0 Å². The topological polar surface area (TPSA) is 27.1 Å². The van der Waals surface area contributed by atoms with Crippen molar-refractivity contribution in [3.8, 4) is 0 Å². The van der Waals surface area contributed by atoms with Crippen LogP contribution in [0.2, 0.25) is 0 Å². The van der Waals surface area contributed by atoms with Gasteiger partial charge in [-0.3, -0.25) is 5.41 Å². The Morgan fingerprint density at radius 2 is 2.00 bits per heavy atom. The Morgan fingerprint density at radius 1 is 1.50 bits per heavy atom. The first kappa shape index (κ1) is 9.30. The summed E-state index contributed by atoms with van der Waals surface area (Å²) in [5.41, 5.74) is 1.25. The van der Waals surface area contributed by atoms with Crippen LogP contribution >= 0.6 is 0 Å². The van der Waals surface area contributed by atoms with Crippen molar-refractivity contribution in [3.05, 3.63) is 12.3 Å². The normalized spacial score (nSPS) is 25.3. The molecule has 1 saturated heterocycles. The average molecular weight is 166 g/mol. The standard InChI is InChI=1S/C10H18N2/c1-7-6-8(10(2,3)4)9(11)12(7)5/h8,11H,1,6H2,2-5H3. The molecular weight excluding hydrogens is 148 g/mol. The number of nitrogens with one attached hydrogen (secondary N) is 1. The molecule has 1 aliphatic rings. The van der Waals surface area contributed by atoms with E-state index in [0.717, 1.165) is 12.1 Å². The van der Waals surface area contributed by atoms with Crippen molar-refractivity contribution in [3.63, 3.8) is 0 Å². The summed E-state index contributed by atoms with van der Waals surface area (Å²) in [5.74, 6) is 1.06. The van der Waals surface area contributed by atoms with Gasteiger partial charge in [-0.1, -0.05) is 27.4 Å². The summed E-state index contributed by atoms with van der Waals surface area (Å²) in [6.07, 6.45) is 0.943. The van der Waals surface area contributed by atoms with Crippen LogP contribution in [0.15, 0.2) is 12.3 Å². The summed E-state index contributed by atoms with van der Waals surface area (Å²) in [6.45, 7) is 10.5. The molecule has 1 fully saturated rings. The molecule has 0 aromatic carbocycles. The largest absolute Gasteiger partial charge is 0.337 e. The minimum atomic E-state index is 0.185. The molecule has 0 spiro atoms. The van der Waals surface area contributed by atoms with Crippen LogP contribution in [0.5, 0.6) is 0 Å². The highest BCUT2D eigenvalue weighted by atomic mass is 15.2. The minimum Gasteiger partial charge on any atom is -0.337 e. The van der Waals surface area contributed by atoms with Crippen molar-refractivity contribution >= 4 is 5.84 Å². The Bertz CT molecular complexity index is 222. The lowest BCUT2D eigenvalue weighted by molar-refractivity contribution is 0.318. The van der Waals surface area contributed by atoms with Gasteiger partial charge in [-0.25, -0.2) is 0 Å². The lowest BCUT2D eigenvalue weighted by Gasteiger charge is -2.26. The third kappa shape index (κ3) is 1.38. The molecule has 1 rings (SSSR count). The first-order valence-electron chi connectivity index (χ1n) is 4.34. The summed E-state index contributed by atoms with van der Waals surface area (Å²) < 4.78 is 0. The molecule has 1 unspecified atom stereocenters. The van der Waals surface area contributed by atoms with Crippen LogP contribution in [0.25, 0.3) is 0 Å². The first-order chi connectivity index (χ1) is 5.34. The van der Waals surface area contributed by atoms with Crippen molar-refractivity contribution in [2.45, 2.75) is 27.2 Å². The van der Waals surface area contributed by atoms with E-state index in [1.807, 2.05) is 11.9 Å². The van der Waals surface area contributed by atoms with Gasteiger partial charge in [0.25, 0.3) is 0 Å². The average Bonchev–Trinajstić information content (AvgIpc) is 2.15. The summed E-state index contributed by atoms with van der Waals surface area (Å²) in [5, 5.41) is 7.86. The number of hydrogen-bond donors (Lipinski definition) is 1. The first-order valence-corrected chi connectivity index (χ1v) is 4.34. The molecule has 0 aromatic rings. The van der Waals surface area contributed by atoms with Crippen LogP contribution in [-0.4, -0.2) is 17.8 Å². The molecule has 0 bridgehead atoms. The molecule has 1 N–H and O–H groups in total. The van der Waals surface area contributed by atoms with Crippen molar-refractivity contribution in [1.82, 2.24) is 4.90 Å². The van der Waals surface area contributed by atoms with Gasteiger partial charge in [0.2, 0.25) is 0 Å². The minimum absolute atomic E-state index is 0.185. The van der Waals surface area contributed by atoms with Gasteiger partial charge in [0.1, 0.15) is 5.84 Å². The van der Waals surface area contributed by atoms with Gasteiger partial charge < -0.3 is 4.90 Å². The third-order valence-corrected chi connectivity index (χ3v) is 2.65. The van der Waals surface area contributed by atoms with Crippen molar-refractivity contribution < 1.29 is 0 Å². The molecule has 2 nitrogen and oxygen atoms in total. The number of amidine groups is 1. The number of likely N-dealkylation sites (tertiary alicyclic amines) is 1. The van der Waals surface area contributed by atoms with Crippen molar-refractivity contribution in [1.29, 1.82) is 5.41 Å². The second kappa shape index (κ2) is 2.61. The zero-order valence-corrected chi connectivity index (χ0v) is 8.44. The molecule has 0 amide bonds. The number of allylic oxidation sites excluding steroid dienone is 1. The smallest absolute Gasteiger partial charge is 0.104 e. The van der Waals surface area contributed by atoms with E-state index in [1.54, 1.807) is 0 Å². The fourth-order valence-electron chi connectivity index (χ4n) is 1.59. The van der Waals surface area contributed by atoms with Crippen molar-refractivity contribution in [2.75, 3.05) is 7.05 Å². The Balaban J connectivity index is 2.86. The summed E-state index contributed by atoms with van der Waals surface area (Å²) in [6, 6.07) is 0. The van der Waals surface area contributed by atoms with Gasteiger partial charge in [0.15, 0.2) is 0 Å². The Morgan fingerprint density at radius 3 is 2.17 bits per heavy atom. The molecule has 0 aliphatic carbocycles. The quantitative estimate of drug-likeness (QED) is 0.588. The molecule has 0 radical (unpaired) electrons. The Labute approximate surface area is 74.8 Å². The molecule has 1 aliphatic heterocycles. The fourth-order valence-corrected chi connectivity index (χ4v) is 1.59.